The van der Waals surface area contributed by atoms with Gasteiger partial charge in [0.25, 0.3) is 0 Å². The van der Waals surface area contributed by atoms with E-state index in [9.17, 15) is 0 Å². The van der Waals surface area contributed by atoms with Gasteiger partial charge in [0.2, 0.25) is 0 Å². The zero-order valence-electron chi connectivity index (χ0n) is 8.26. The molecule has 0 aromatic heterocycles. The lowest BCUT2D eigenvalue weighted by Crippen LogP contribution is -2.09. The van der Waals surface area contributed by atoms with E-state index in [4.69, 9.17) is 5.73 Å². The van der Waals surface area contributed by atoms with Crippen LogP contribution in [-0.4, -0.2) is 12.9 Å². The maximum Gasteiger partial charge on any atom is 0.0972 e. The summed E-state index contributed by atoms with van der Waals surface area (Å²) >= 11 is 0. The number of nitrogens with one attached hydrogen (secondary N) is 1. The molecule has 0 heterocycles. The molecule has 0 saturated carbocycles. The molecule has 13 heavy (non-hydrogen) atoms. The van der Waals surface area contributed by atoms with Crippen LogP contribution in [0, 0.1) is 6.92 Å². The number of nitrogen functional groups attached to an aromatic ring is 1. The van der Waals surface area contributed by atoms with E-state index in [-0.39, 0.29) is 0 Å². The summed E-state index contributed by atoms with van der Waals surface area (Å²) in [6, 6.07) is 5.83. The Morgan fingerprint density at radius 2 is 2.15 bits per heavy atom. The number of nitrogens with two attached hydrogens (primary N) is 1. The fraction of sp³-hybridized carbons (Fsp3) is 0.300. The largest absolute Gasteiger partial charge is 0.397 e. The van der Waals surface area contributed by atoms with Crippen molar-refractivity contribution in [3.8, 4) is 0 Å². The molecule has 0 atom stereocenters. The number of anilines is 2. The summed E-state index contributed by atoms with van der Waals surface area (Å²) in [5, 5.41) is 3.15. The summed E-state index contributed by atoms with van der Waals surface area (Å²) in [5.74, 6) is 0.862. The van der Waals surface area contributed by atoms with Crippen molar-refractivity contribution >= 4 is 17.2 Å². The first-order chi connectivity index (χ1) is 6.15. The van der Waals surface area contributed by atoms with Gasteiger partial charge in [-0.3, -0.25) is 4.99 Å². The molecule has 0 aliphatic carbocycles. The number of amidine groups is 1. The topological polar surface area (TPSA) is 50.4 Å². The fourth-order valence-electron chi connectivity index (χ4n) is 1.10. The Balaban J connectivity index is 3.00. The molecular formula is C10H15N3. The zero-order chi connectivity index (χ0) is 9.84. The second-order valence-corrected chi connectivity index (χ2v) is 2.97. The third-order valence-corrected chi connectivity index (χ3v) is 1.95. The van der Waals surface area contributed by atoms with Crippen LogP contribution >= 0.6 is 0 Å². The maximum atomic E-state index is 5.81. The first kappa shape index (κ1) is 9.58. The number of rotatable bonds is 1. The molecule has 1 aromatic carbocycles. The van der Waals surface area contributed by atoms with Crippen molar-refractivity contribution in [2.75, 3.05) is 18.1 Å². The van der Waals surface area contributed by atoms with E-state index in [0.29, 0.717) is 0 Å². The lowest BCUT2D eigenvalue weighted by molar-refractivity contribution is 1.38. The van der Waals surface area contributed by atoms with E-state index < -0.39 is 0 Å². The molecule has 0 aliphatic rings. The number of aliphatic imine (C=N–C) groups is 1. The molecule has 1 rings (SSSR count). The first-order valence-corrected chi connectivity index (χ1v) is 4.20. The molecule has 3 N–H and O–H groups in total. The lowest BCUT2D eigenvalue weighted by atomic mass is 10.1. The Labute approximate surface area is 78.7 Å². The van der Waals surface area contributed by atoms with Crippen LogP contribution in [0.4, 0.5) is 11.4 Å². The van der Waals surface area contributed by atoms with Crippen LogP contribution < -0.4 is 11.1 Å². The minimum absolute atomic E-state index is 0.753. The van der Waals surface area contributed by atoms with Crippen LogP contribution in [0.3, 0.4) is 0 Å². The molecule has 0 unspecified atom stereocenters. The van der Waals surface area contributed by atoms with Crippen LogP contribution in [0.15, 0.2) is 23.2 Å². The Morgan fingerprint density at radius 1 is 1.46 bits per heavy atom. The number of benzene rings is 1. The van der Waals surface area contributed by atoms with Crippen molar-refractivity contribution in [3.63, 3.8) is 0 Å². The van der Waals surface area contributed by atoms with Crippen molar-refractivity contribution in [2.45, 2.75) is 13.8 Å². The Hall–Kier alpha value is -1.51. The third-order valence-electron chi connectivity index (χ3n) is 1.95. The van der Waals surface area contributed by atoms with Crippen LogP contribution in [0.2, 0.25) is 0 Å². The summed E-state index contributed by atoms with van der Waals surface area (Å²) in [5.41, 5.74) is 8.64. The van der Waals surface area contributed by atoms with Crippen LogP contribution in [0.5, 0.6) is 0 Å². The van der Waals surface area contributed by atoms with Gasteiger partial charge in [0.15, 0.2) is 0 Å². The summed E-state index contributed by atoms with van der Waals surface area (Å²) in [7, 11) is 1.75. The fourth-order valence-corrected chi connectivity index (χ4v) is 1.10. The molecule has 1 aromatic rings. The molecule has 0 spiro atoms. The summed E-state index contributed by atoms with van der Waals surface area (Å²) < 4.78 is 0. The normalized spacial score (nSPS) is 11.5. The minimum Gasteiger partial charge on any atom is -0.397 e. The highest BCUT2D eigenvalue weighted by molar-refractivity contribution is 5.96. The van der Waals surface area contributed by atoms with Crippen molar-refractivity contribution in [3.05, 3.63) is 23.8 Å². The molecule has 70 valence electrons. The standard InChI is InChI=1S/C10H15N3/c1-7-5-4-6-9(11)10(7)13-8(2)12-3/h4-6H,11H2,1-3H3,(H,12,13). The van der Waals surface area contributed by atoms with E-state index in [1.54, 1.807) is 7.05 Å². The molecule has 3 heteroatoms. The Kier molecular flexibility index (Phi) is 2.90. The Bertz CT molecular complexity index is 309. The van der Waals surface area contributed by atoms with Gasteiger partial charge in [-0.1, -0.05) is 12.1 Å². The highest BCUT2D eigenvalue weighted by Crippen LogP contribution is 2.22. The van der Waals surface area contributed by atoms with E-state index in [1.165, 1.54) is 0 Å². The van der Waals surface area contributed by atoms with Gasteiger partial charge in [-0.2, -0.15) is 0 Å². The van der Waals surface area contributed by atoms with Crippen LogP contribution in [0.25, 0.3) is 0 Å². The summed E-state index contributed by atoms with van der Waals surface area (Å²) in [6.07, 6.45) is 0. The average Bonchev–Trinajstić information content (AvgIpc) is 2.11. The molecule has 0 fully saturated rings. The number of nitrogens with zero attached hydrogens (tertiary/aromatic N) is 1. The van der Waals surface area contributed by atoms with Gasteiger partial charge in [-0.05, 0) is 25.5 Å². The third kappa shape index (κ3) is 2.21. The maximum absolute atomic E-state index is 5.81. The predicted octanol–water partition coefficient (Wildman–Crippen LogP) is 2.04. The van der Waals surface area contributed by atoms with Crippen molar-refractivity contribution in [1.29, 1.82) is 0 Å². The summed E-state index contributed by atoms with van der Waals surface area (Å²) in [4.78, 5) is 4.02. The molecule has 0 aliphatic heterocycles. The number of aryl methyl sites for hydroxylation is 1. The quantitative estimate of drug-likeness (QED) is 0.392. The van der Waals surface area contributed by atoms with Crippen molar-refractivity contribution < 1.29 is 0 Å². The van der Waals surface area contributed by atoms with Gasteiger partial charge in [0.1, 0.15) is 0 Å². The lowest BCUT2D eigenvalue weighted by Gasteiger charge is -2.10. The smallest absolute Gasteiger partial charge is 0.0972 e. The molecule has 3 nitrogen and oxygen atoms in total. The SMILES string of the molecule is CN=C(C)Nc1c(C)cccc1N. The van der Waals surface area contributed by atoms with Crippen molar-refractivity contribution in [1.82, 2.24) is 0 Å². The first-order valence-electron chi connectivity index (χ1n) is 4.20. The minimum atomic E-state index is 0.753. The van der Waals surface area contributed by atoms with E-state index in [1.807, 2.05) is 32.0 Å². The van der Waals surface area contributed by atoms with Crippen molar-refractivity contribution in [2.24, 2.45) is 4.99 Å². The summed E-state index contributed by atoms with van der Waals surface area (Å²) in [6.45, 7) is 3.92. The second kappa shape index (κ2) is 3.94. The second-order valence-electron chi connectivity index (χ2n) is 2.97. The number of hydrogen-bond acceptors (Lipinski definition) is 2. The zero-order valence-corrected chi connectivity index (χ0v) is 8.26. The molecular weight excluding hydrogens is 162 g/mol. The van der Waals surface area contributed by atoms with E-state index in [0.717, 1.165) is 22.8 Å². The molecule has 0 saturated heterocycles. The van der Waals surface area contributed by atoms with Gasteiger partial charge in [0, 0.05) is 7.05 Å². The van der Waals surface area contributed by atoms with E-state index in [2.05, 4.69) is 10.3 Å². The Morgan fingerprint density at radius 3 is 2.69 bits per heavy atom. The highest BCUT2D eigenvalue weighted by Gasteiger charge is 2.01. The monoisotopic (exact) mass is 177 g/mol. The van der Waals surface area contributed by atoms with Gasteiger partial charge in [0.05, 0.1) is 17.2 Å². The van der Waals surface area contributed by atoms with Crippen LogP contribution in [0.1, 0.15) is 12.5 Å². The highest BCUT2D eigenvalue weighted by atomic mass is 15.0. The van der Waals surface area contributed by atoms with E-state index >= 15 is 0 Å². The predicted molar refractivity (Wildman–Crippen MR) is 58.2 cm³/mol. The number of para-hydroxylation sites is 1. The number of hydrogen-bond donors (Lipinski definition) is 2. The molecule has 0 amide bonds. The van der Waals surface area contributed by atoms with Crippen LogP contribution in [-0.2, 0) is 0 Å². The average molecular weight is 177 g/mol. The van der Waals surface area contributed by atoms with Gasteiger partial charge in [-0.15, -0.1) is 0 Å². The molecule has 0 radical (unpaired) electrons. The van der Waals surface area contributed by atoms with Gasteiger partial charge < -0.3 is 11.1 Å². The van der Waals surface area contributed by atoms with Gasteiger partial charge >= 0.3 is 0 Å². The molecule has 0 bridgehead atoms. The van der Waals surface area contributed by atoms with Gasteiger partial charge in [-0.25, -0.2) is 0 Å².